The third-order valence-electron chi connectivity index (χ3n) is 0.992. The topological polar surface area (TPSA) is 134 Å². The Hall–Kier alpha value is -0.838. The molecular weight excluding hydrogens is 672 g/mol. The van der Waals surface area contributed by atoms with Crippen LogP contribution >= 0.6 is 7.82 Å². The second-order valence-electron chi connectivity index (χ2n) is 2.27. The number of phosphoric acid groups is 1. The van der Waals surface area contributed by atoms with Crippen molar-refractivity contribution in [3.8, 4) is 0 Å². The number of rotatable bonds is 7. The van der Waals surface area contributed by atoms with Crippen LogP contribution < -0.4 is 0 Å². The van der Waals surface area contributed by atoms with E-state index in [0.29, 0.717) is 0 Å². The average molecular weight is 683 g/mol. The number of aliphatic carboxylic acids is 1. The fourth-order valence-corrected chi connectivity index (χ4v) is 1.12. The Labute approximate surface area is 99.1 Å². The van der Waals surface area contributed by atoms with Crippen LogP contribution in [-0.2, 0) is 38.8 Å². The number of carboxylic acid groups (broad SMARTS) is 1. The first-order valence-corrected chi connectivity index (χ1v) is 4.99. The molecule has 0 aromatic carbocycles. The van der Waals surface area contributed by atoms with Crippen LogP contribution in [0.25, 0.3) is 0 Å². The summed E-state index contributed by atoms with van der Waals surface area (Å²) in [5.41, 5.74) is 0. The molecular formula is C5H11O8PReRf. The maximum absolute atomic E-state index is 10.8. The van der Waals surface area contributed by atoms with E-state index in [-0.39, 0.29) is 20.4 Å². The Morgan fingerprint density at radius 3 is 2.25 bits per heavy atom. The number of hydrogen-bond donors (Lipinski definition) is 4. The van der Waals surface area contributed by atoms with Gasteiger partial charge in [-0.05, 0) is 0 Å². The van der Waals surface area contributed by atoms with Crippen molar-refractivity contribution in [1.29, 1.82) is 0 Å². The molecule has 8 nitrogen and oxygen atoms in total. The van der Waals surface area contributed by atoms with E-state index >= 15 is 0 Å². The SMILES string of the molecule is O=C(O)COP(=O)(O)OCC(O)CO.[Re].[Rf]. The Balaban J connectivity index is -0.000000845. The number of phosphoric ester groups is 1. The van der Waals surface area contributed by atoms with Crippen molar-refractivity contribution < 1.29 is 59.0 Å². The first-order chi connectivity index (χ1) is 6.37. The number of carbonyl (C=O) groups is 1. The molecule has 0 saturated carbocycles. The van der Waals surface area contributed by atoms with Gasteiger partial charge in [0.15, 0.2) is 6.61 Å². The molecule has 2 atom stereocenters. The van der Waals surface area contributed by atoms with Crippen molar-refractivity contribution in [2.45, 2.75) is 6.10 Å². The van der Waals surface area contributed by atoms with Gasteiger partial charge in [-0.1, -0.05) is 0 Å². The summed E-state index contributed by atoms with van der Waals surface area (Å²) >= 11 is 0. The van der Waals surface area contributed by atoms with Gasteiger partial charge in [-0.2, -0.15) is 0 Å². The van der Waals surface area contributed by atoms with E-state index in [9.17, 15) is 9.36 Å². The van der Waals surface area contributed by atoms with E-state index in [2.05, 4.69) is 9.05 Å². The molecule has 4 N–H and O–H groups in total. The molecule has 0 fully saturated rings. The largest absolute Gasteiger partial charge is 0.480 e. The van der Waals surface area contributed by atoms with Crippen LogP contribution in [0.5, 0.6) is 0 Å². The van der Waals surface area contributed by atoms with Gasteiger partial charge in [0.2, 0.25) is 0 Å². The predicted octanol–water partition coefficient (Wildman–Crippen LogP) is -1.44. The third kappa shape index (κ3) is 11.2. The van der Waals surface area contributed by atoms with Crippen molar-refractivity contribution in [2.24, 2.45) is 0 Å². The molecule has 0 rings (SSSR count). The van der Waals surface area contributed by atoms with Crippen molar-refractivity contribution >= 4 is 13.8 Å². The molecule has 0 aliphatic rings. The summed E-state index contributed by atoms with van der Waals surface area (Å²) in [5, 5.41) is 25.1. The van der Waals surface area contributed by atoms with Gasteiger partial charge in [-0.15, -0.1) is 0 Å². The quantitative estimate of drug-likeness (QED) is 0.240. The van der Waals surface area contributed by atoms with Crippen molar-refractivity contribution in [3.63, 3.8) is 0 Å². The van der Waals surface area contributed by atoms with E-state index in [1.54, 1.807) is 0 Å². The van der Waals surface area contributed by atoms with Gasteiger partial charge >= 0.3 is 13.8 Å². The Morgan fingerprint density at radius 2 is 1.88 bits per heavy atom. The van der Waals surface area contributed by atoms with Gasteiger partial charge in [0.1, 0.15) is 6.10 Å². The molecule has 2 unspecified atom stereocenters. The van der Waals surface area contributed by atoms with Gasteiger partial charge in [-0.3, -0.25) is 9.05 Å². The molecule has 0 heterocycles. The second kappa shape index (κ2) is 9.39. The zero-order valence-electron chi connectivity index (χ0n) is 8.15. The van der Waals surface area contributed by atoms with E-state index in [4.69, 9.17) is 20.2 Å². The van der Waals surface area contributed by atoms with Gasteiger partial charge in [0, 0.05) is 20.4 Å². The van der Waals surface area contributed by atoms with E-state index in [0.717, 1.165) is 0 Å². The maximum Gasteiger partial charge on any atom is 0.472 e. The van der Waals surface area contributed by atoms with Gasteiger partial charge in [0.25, 0.3) is 0 Å². The van der Waals surface area contributed by atoms with Crippen LogP contribution in [0, 0.1) is 0 Å². The molecule has 0 aromatic heterocycles. The van der Waals surface area contributed by atoms with Gasteiger partial charge in [-0.25, -0.2) is 9.36 Å². The maximum atomic E-state index is 10.8. The summed E-state index contributed by atoms with van der Waals surface area (Å²) in [4.78, 5) is 18.7. The van der Waals surface area contributed by atoms with Crippen LogP contribution in [0.4, 0.5) is 0 Å². The fourth-order valence-electron chi connectivity index (χ4n) is 0.407. The number of aliphatic hydroxyl groups excluding tert-OH is 2. The average Bonchev–Trinajstić information content (AvgIpc) is 2.11. The number of hydrogen-bond acceptors (Lipinski definition) is 6. The zero-order chi connectivity index (χ0) is 11.2. The summed E-state index contributed by atoms with van der Waals surface area (Å²) in [5.74, 6) is -1.43. The van der Waals surface area contributed by atoms with Crippen LogP contribution in [0.15, 0.2) is 0 Å². The molecule has 93 valence electrons. The Kier molecular flexibility index (Phi) is 12.1. The van der Waals surface area contributed by atoms with Crippen molar-refractivity contribution in [1.82, 2.24) is 0 Å². The molecule has 0 amide bonds. The minimum Gasteiger partial charge on any atom is -0.480 e. The monoisotopic (exact) mass is 684 g/mol. The third-order valence-corrected chi connectivity index (χ3v) is 1.92. The van der Waals surface area contributed by atoms with Crippen LogP contribution in [0.2, 0.25) is 0 Å². The molecule has 0 spiro atoms. The molecule has 0 aliphatic carbocycles. The van der Waals surface area contributed by atoms with E-state index < -0.39 is 39.7 Å². The van der Waals surface area contributed by atoms with Crippen molar-refractivity contribution in [3.05, 3.63) is 0 Å². The molecule has 11 heteroatoms. The minimum atomic E-state index is -4.47. The molecule has 0 aromatic rings. The zero-order valence-corrected chi connectivity index (χ0v) is 18.2. The Bertz CT molecular complexity index is 238. The van der Waals surface area contributed by atoms with E-state index in [1.165, 1.54) is 0 Å². The summed E-state index contributed by atoms with van der Waals surface area (Å²) in [6, 6.07) is 0. The summed E-state index contributed by atoms with van der Waals surface area (Å²) in [7, 11) is -4.47. The minimum absolute atomic E-state index is 0. The smallest absolute Gasteiger partial charge is 0.472 e. The molecule has 1 radical (unpaired) electrons. The molecule has 0 aliphatic heterocycles. The van der Waals surface area contributed by atoms with Crippen molar-refractivity contribution in [2.75, 3.05) is 19.8 Å². The first-order valence-electron chi connectivity index (χ1n) is 3.50. The molecule has 16 heavy (non-hydrogen) atoms. The fraction of sp³-hybridized carbons (Fsp3) is 0.800. The standard InChI is InChI=1S/C5H11O8P.Re.Rf/c6-1-4(7)2-12-14(10,11)13-3-5(8)9;;/h4,6-7H,1-3H2,(H,8,9)(H,10,11);;. The number of carboxylic acids is 1. The molecule has 0 bridgehead atoms. The van der Waals surface area contributed by atoms with Crippen LogP contribution in [-0.4, -0.2) is 52.1 Å². The Morgan fingerprint density at radius 1 is 1.38 bits per heavy atom. The number of aliphatic hydroxyl groups is 2. The first kappa shape index (κ1) is 20.6. The summed E-state index contributed by atoms with van der Waals surface area (Å²) in [6.07, 6.45) is -1.32. The van der Waals surface area contributed by atoms with E-state index in [1.807, 2.05) is 0 Å². The van der Waals surface area contributed by atoms with Crippen LogP contribution in [0.1, 0.15) is 0 Å². The summed E-state index contributed by atoms with van der Waals surface area (Å²) < 4.78 is 18.9. The predicted molar refractivity (Wildman–Crippen MR) is 42.5 cm³/mol. The van der Waals surface area contributed by atoms with Gasteiger partial charge < -0.3 is 20.2 Å². The summed E-state index contributed by atoms with van der Waals surface area (Å²) in [6.45, 7) is -2.24. The molecule has 0 saturated heterocycles. The van der Waals surface area contributed by atoms with Gasteiger partial charge in [0.05, 0.1) is 13.2 Å². The van der Waals surface area contributed by atoms with Crippen LogP contribution in [0.3, 0.4) is 0 Å². The normalized spacial score (nSPS) is 15.2. The second-order valence-corrected chi connectivity index (χ2v) is 3.72.